The summed E-state index contributed by atoms with van der Waals surface area (Å²) in [5.41, 5.74) is -0.674. The van der Waals surface area contributed by atoms with Crippen LogP contribution in [0.3, 0.4) is 0 Å². The van der Waals surface area contributed by atoms with E-state index in [1.54, 1.807) is 11.8 Å². The van der Waals surface area contributed by atoms with E-state index in [9.17, 15) is 18.4 Å². The molecule has 0 aromatic heterocycles. The van der Waals surface area contributed by atoms with Crippen LogP contribution < -0.4 is 5.32 Å². The van der Waals surface area contributed by atoms with Crippen molar-refractivity contribution in [3.8, 4) is 0 Å². The Labute approximate surface area is 129 Å². The minimum Gasteiger partial charge on any atom is -0.334 e. The van der Waals surface area contributed by atoms with Gasteiger partial charge in [0.25, 0.3) is 0 Å². The number of carbonyl (C=O) groups excluding carboxylic acids is 2. The molecule has 0 spiro atoms. The molecule has 0 aliphatic carbocycles. The number of likely N-dealkylation sites (N-methyl/N-ethyl adjacent to an activating group) is 1. The molecule has 1 aliphatic heterocycles. The maximum atomic E-state index is 13.6. The van der Waals surface area contributed by atoms with Gasteiger partial charge in [-0.15, -0.1) is 0 Å². The molecule has 1 atom stereocenters. The highest BCUT2D eigenvalue weighted by atomic mass is 35.5. The first-order valence-electron chi connectivity index (χ1n) is 6.20. The third-order valence-electron chi connectivity index (χ3n) is 3.21. The number of hydrogen-bond acceptors (Lipinski definition) is 3. The van der Waals surface area contributed by atoms with Crippen molar-refractivity contribution in [3.05, 3.63) is 28.8 Å². The lowest BCUT2D eigenvalue weighted by Crippen LogP contribution is -2.43. The number of hydrogen-bond donors (Lipinski definition) is 1. The molecule has 1 fully saturated rings. The Morgan fingerprint density at radius 2 is 2.00 bits per heavy atom. The summed E-state index contributed by atoms with van der Waals surface area (Å²) in [6.45, 7) is 0. The van der Waals surface area contributed by atoms with Crippen LogP contribution in [-0.4, -0.2) is 41.3 Å². The largest absolute Gasteiger partial charge is 0.334 e. The first-order valence-corrected chi connectivity index (χ1v) is 7.74. The van der Waals surface area contributed by atoms with Crippen molar-refractivity contribution in [2.45, 2.75) is 12.5 Å². The maximum absolute atomic E-state index is 13.6. The summed E-state index contributed by atoms with van der Waals surface area (Å²) in [5, 5.41) is 1.83. The molecule has 0 unspecified atom stereocenters. The Balaban J connectivity index is 2.09. The third-order valence-corrected chi connectivity index (χ3v) is 4.58. The zero-order valence-corrected chi connectivity index (χ0v) is 12.7. The van der Waals surface area contributed by atoms with Gasteiger partial charge in [-0.2, -0.15) is 11.8 Å². The number of halogens is 3. The van der Waals surface area contributed by atoms with Crippen molar-refractivity contribution < 1.29 is 18.4 Å². The van der Waals surface area contributed by atoms with Gasteiger partial charge in [-0.1, -0.05) is 11.6 Å². The fourth-order valence-electron chi connectivity index (χ4n) is 1.98. The lowest BCUT2D eigenvalue weighted by molar-refractivity contribution is -0.143. The molecule has 1 heterocycles. The number of rotatable bonds is 2. The van der Waals surface area contributed by atoms with E-state index < -0.39 is 29.1 Å². The molecule has 4 nitrogen and oxygen atoms in total. The minimum atomic E-state index is -1.07. The van der Waals surface area contributed by atoms with Crippen molar-refractivity contribution >= 4 is 40.9 Å². The van der Waals surface area contributed by atoms with Gasteiger partial charge in [-0.3, -0.25) is 9.59 Å². The summed E-state index contributed by atoms with van der Waals surface area (Å²) >= 11 is 7.18. The van der Waals surface area contributed by atoms with E-state index in [-0.39, 0.29) is 11.1 Å². The quantitative estimate of drug-likeness (QED) is 0.846. The summed E-state index contributed by atoms with van der Waals surface area (Å²) in [4.78, 5) is 25.1. The van der Waals surface area contributed by atoms with Crippen LogP contribution in [-0.2, 0) is 9.59 Å². The van der Waals surface area contributed by atoms with E-state index in [1.165, 1.54) is 11.9 Å². The zero-order valence-electron chi connectivity index (χ0n) is 11.2. The average molecular weight is 335 g/mol. The fourth-order valence-corrected chi connectivity index (χ4v) is 3.44. The molecular weight excluding hydrogens is 322 g/mol. The third kappa shape index (κ3) is 3.65. The fraction of sp³-hybridized carbons (Fsp3) is 0.385. The smallest absolute Gasteiger partial charge is 0.314 e. The van der Waals surface area contributed by atoms with Crippen molar-refractivity contribution in [2.24, 2.45) is 0 Å². The summed E-state index contributed by atoms with van der Waals surface area (Å²) in [5.74, 6) is -2.28. The lowest BCUT2D eigenvalue weighted by atomic mass is 10.2. The number of amides is 2. The second-order valence-corrected chi connectivity index (χ2v) is 6.22. The Morgan fingerprint density at radius 3 is 2.52 bits per heavy atom. The number of nitrogens with one attached hydrogen (secondary N) is 1. The number of nitrogens with zero attached hydrogens (tertiary/aromatic N) is 1. The molecule has 0 saturated carbocycles. The minimum absolute atomic E-state index is 0.0341. The van der Waals surface area contributed by atoms with Crippen molar-refractivity contribution in [1.82, 2.24) is 4.90 Å². The van der Waals surface area contributed by atoms with Crippen molar-refractivity contribution in [1.29, 1.82) is 0 Å². The highest BCUT2D eigenvalue weighted by Gasteiger charge is 2.29. The van der Waals surface area contributed by atoms with Crippen LogP contribution in [0, 0.1) is 11.6 Å². The van der Waals surface area contributed by atoms with E-state index in [0.29, 0.717) is 0 Å². The molecule has 2 rings (SSSR count). The Hall–Kier alpha value is -1.34. The SMILES string of the molecule is CN(C(=O)C(=O)Nc1c(F)cc(Cl)cc1F)[C@@H]1CCSC1. The molecule has 0 radical (unpaired) electrons. The van der Waals surface area contributed by atoms with Crippen LogP contribution in [0.2, 0.25) is 5.02 Å². The highest BCUT2D eigenvalue weighted by Crippen LogP contribution is 2.24. The average Bonchev–Trinajstić information content (AvgIpc) is 2.94. The predicted octanol–water partition coefficient (Wildman–Crippen LogP) is 2.52. The molecule has 8 heteroatoms. The van der Waals surface area contributed by atoms with Gasteiger partial charge in [-0.25, -0.2) is 8.78 Å². The standard InChI is InChI=1S/C13H13ClF2N2O2S/c1-18(8-2-3-21-6-8)13(20)12(19)17-11-9(15)4-7(14)5-10(11)16/h4-5,8H,2-3,6H2,1H3,(H,17,19)/t8-/m1/s1. The number of benzene rings is 1. The molecule has 1 aliphatic rings. The Morgan fingerprint density at radius 1 is 1.38 bits per heavy atom. The van der Waals surface area contributed by atoms with E-state index in [0.717, 1.165) is 30.1 Å². The molecule has 21 heavy (non-hydrogen) atoms. The first-order chi connectivity index (χ1) is 9.90. The molecule has 1 aromatic carbocycles. The topological polar surface area (TPSA) is 49.4 Å². The number of thioether (sulfide) groups is 1. The van der Waals surface area contributed by atoms with Crippen LogP contribution in [0.4, 0.5) is 14.5 Å². The number of carbonyl (C=O) groups is 2. The van der Waals surface area contributed by atoms with Gasteiger partial charge in [0.1, 0.15) is 5.69 Å². The van der Waals surface area contributed by atoms with E-state index in [1.807, 2.05) is 5.32 Å². The van der Waals surface area contributed by atoms with Gasteiger partial charge in [0, 0.05) is 23.9 Å². The second-order valence-electron chi connectivity index (χ2n) is 4.63. The molecule has 1 N–H and O–H groups in total. The maximum Gasteiger partial charge on any atom is 0.314 e. The van der Waals surface area contributed by atoms with Gasteiger partial charge < -0.3 is 10.2 Å². The molecule has 0 bridgehead atoms. The van der Waals surface area contributed by atoms with E-state index in [2.05, 4.69) is 0 Å². The van der Waals surface area contributed by atoms with Gasteiger partial charge in [0.15, 0.2) is 11.6 Å². The highest BCUT2D eigenvalue weighted by molar-refractivity contribution is 7.99. The van der Waals surface area contributed by atoms with Crippen LogP contribution in [0.25, 0.3) is 0 Å². The monoisotopic (exact) mass is 334 g/mol. The first kappa shape index (κ1) is 16.0. The Bertz CT molecular complexity index is 556. The van der Waals surface area contributed by atoms with Gasteiger partial charge in [0.05, 0.1) is 0 Å². The van der Waals surface area contributed by atoms with Gasteiger partial charge in [0.2, 0.25) is 0 Å². The summed E-state index contributed by atoms with van der Waals surface area (Å²) in [6, 6.07) is 1.69. The van der Waals surface area contributed by atoms with E-state index in [4.69, 9.17) is 11.6 Å². The predicted molar refractivity (Wildman–Crippen MR) is 78.5 cm³/mol. The summed E-state index contributed by atoms with van der Waals surface area (Å²) in [7, 11) is 1.51. The molecule has 1 aromatic rings. The molecule has 1 saturated heterocycles. The lowest BCUT2D eigenvalue weighted by Gasteiger charge is -2.23. The van der Waals surface area contributed by atoms with Crippen LogP contribution in [0.15, 0.2) is 12.1 Å². The normalized spacial score (nSPS) is 17.6. The van der Waals surface area contributed by atoms with Gasteiger partial charge in [-0.05, 0) is 24.3 Å². The second kappa shape index (κ2) is 6.62. The summed E-state index contributed by atoms with van der Waals surface area (Å²) < 4.78 is 27.1. The number of anilines is 1. The van der Waals surface area contributed by atoms with Crippen LogP contribution in [0.1, 0.15) is 6.42 Å². The van der Waals surface area contributed by atoms with Crippen LogP contribution in [0.5, 0.6) is 0 Å². The Kier molecular flexibility index (Phi) is 5.05. The molecular formula is C13H13ClF2N2O2S. The van der Waals surface area contributed by atoms with Crippen molar-refractivity contribution in [2.75, 3.05) is 23.9 Å². The van der Waals surface area contributed by atoms with Gasteiger partial charge >= 0.3 is 11.8 Å². The molecule has 2 amide bonds. The zero-order chi connectivity index (χ0) is 15.6. The summed E-state index contributed by atoms with van der Waals surface area (Å²) in [6.07, 6.45) is 0.795. The van der Waals surface area contributed by atoms with Crippen LogP contribution >= 0.6 is 23.4 Å². The van der Waals surface area contributed by atoms with E-state index >= 15 is 0 Å². The molecule has 114 valence electrons. The van der Waals surface area contributed by atoms with Crippen molar-refractivity contribution in [3.63, 3.8) is 0 Å².